The first-order valence-electron chi connectivity index (χ1n) is 8.92. The summed E-state index contributed by atoms with van der Waals surface area (Å²) in [4.78, 5) is 30.0. The highest BCUT2D eigenvalue weighted by Crippen LogP contribution is 2.19. The molecule has 0 saturated carbocycles. The van der Waals surface area contributed by atoms with E-state index in [1.807, 2.05) is 6.07 Å². The molecule has 156 valence electrons. The van der Waals surface area contributed by atoms with Gasteiger partial charge in [-0.3, -0.25) is 4.79 Å². The molecule has 0 aromatic heterocycles. The van der Waals surface area contributed by atoms with Gasteiger partial charge in [-0.25, -0.2) is 9.18 Å². The molecule has 30 heavy (non-hydrogen) atoms. The molecule has 0 aliphatic rings. The van der Waals surface area contributed by atoms with E-state index in [0.717, 1.165) is 10.5 Å². The molecule has 0 heterocycles. The van der Waals surface area contributed by atoms with Gasteiger partial charge in [0.25, 0.3) is 5.91 Å². The number of rotatable bonds is 10. The maximum atomic E-state index is 14.0. The third kappa shape index (κ3) is 6.91. The number of hydrogen-bond donors (Lipinski definition) is 0. The summed E-state index contributed by atoms with van der Waals surface area (Å²) >= 11 is 0. The maximum absolute atomic E-state index is 14.0. The number of anilines is 1. The summed E-state index contributed by atoms with van der Waals surface area (Å²) in [5.41, 5.74) is 0.742. The summed E-state index contributed by atoms with van der Waals surface area (Å²) in [5, 5.41) is 12.4. The van der Waals surface area contributed by atoms with Gasteiger partial charge in [-0.1, -0.05) is 17.3 Å². The van der Waals surface area contributed by atoms with Gasteiger partial charge >= 0.3 is 5.97 Å². The van der Waals surface area contributed by atoms with E-state index in [1.54, 1.807) is 37.4 Å². The largest absolute Gasteiger partial charge is 0.497 e. The van der Waals surface area contributed by atoms with Crippen molar-refractivity contribution in [2.24, 2.45) is 5.16 Å². The standard InChI is InChI=1S/C21H20FN3O5/c1-28-17-9-7-16(8-10-17)13-24-30-15-21(27)29-14-20(26)25(12-4-11-23)19-6-3-2-5-18(19)22/h2-3,5-10,13H,4,12,14-15H2,1H3/b24-13+. The molecule has 8 nitrogen and oxygen atoms in total. The van der Waals surface area contributed by atoms with Gasteiger partial charge in [0.05, 0.1) is 31.5 Å². The summed E-state index contributed by atoms with van der Waals surface area (Å²) in [6, 6.07) is 14.5. The average Bonchev–Trinajstić information content (AvgIpc) is 2.77. The smallest absolute Gasteiger partial charge is 0.347 e. The van der Waals surface area contributed by atoms with Crippen molar-refractivity contribution in [3.8, 4) is 11.8 Å². The normalized spacial score (nSPS) is 10.3. The number of carbonyl (C=O) groups excluding carboxylic acids is 2. The van der Waals surface area contributed by atoms with E-state index in [-0.39, 0.29) is 18.7 Å². The van der Waals surface area contributed by atoms with Gasteiger partial charge in [0.15, 0.2) is 6.61 Å². The number of oxime groups is 1. The molecule has 0 spiro atoms. The molecule has 0 aliphatic heterocycles. The second-order valence-corrected chi connectivity index (χ2v) is 5.85. The first-order valence-corrected chi connectivity index (χ1v) is 8.92. The molecule has 0 bridgehead atoms. The monoisotopic (exact) mass is 413 g/mol. The molecule has 0 atom stereocenters. The Morgan fingerprint density at radius 1 is 1.17 bits per heavy atom. The van der Waals surface area contributed by atoms with Crippen LogP contribution in [-0.4, -0.2) is 45.0 Å². The summed E-state index contributed by atoms with van der Waals surface area (Å²) in [6.45, 7) is -1.15. The Labute approximate surface area is 173 Å². The fourth-order valence-corrected chi connectivity index (χ4v) is 2.35. The van der Waals surface area contributed by atoms with Gasteiger partial charge in [0.2, 0.25) is 6.61 Å². The van der Waals surface area contributed by atoms with Crippen molar-refractivity contribution in [1.29, 1.82) is 5.26 Å². The third-order valence-electron chi connectivity index (χ3n) is 3.82. The van der Waals surface area contributed by atoms with Gasteiger partial charge in [0, 0.05) is 6.54 Å². The van der Waals surface area contributed by atoms with Crippen molar-refractivity contribution in [3.63, 3.8) is 0 Å². The summed E-state index contributed by atoms with van der Waals surface area (Å²) in [7, 11) is 1.56. The minimum Gasteiger partial charge on any atom is -0.497 e. The Morgan fingerprint density at radius 3 is 2.57 bits per heavy atom. The average molecular weight is 413 g/mol. The predicted octanol–water partition coefficient (Wildman–Crippen LogP) is 2.67. The zero-order valence-corrected chi connectivity index (χ0v) is 16.3. The van der Waals surface area contributed by atoms with E-state index < -0.39 is 30.9 Å². The van der Waals surface area contributed by atoms with Gasteiger partial charge in [-0.05, 0) is 42.0 Å². The van der Waals surface area contributed by atoms with E-state index in [0.29, 0.717) is 5.75 Å². The Balaban J connectivity index is 1.82. The zero-order chi connectivity index (χ0) is 21.8. The number of para-hydroxylation sites is 1. The SMILES string of the molecule is COc1ccc(/C=N/OCC(=O)OCC(=O)N(CCC#N)c2ccccc2F)cc1. The van der Waals surface area contributed by atoms with Crippen LogP contribution in [0.4, 0.5) is 10.1 Å². The molecule has 1 amide bonds. The van der Waals surface area contributed by atoms with Crippen LogP contribution in [0.15, 0.2) is 53.7 Å². The summed E-state index contributed by atoms with van der Waals surface area (Å²) in [5.74, 6) is -1.40. The second kappa shape index (κ2) is 11.8. The molecule has 0 unspecified atom stereocenters. The molecule has 9 heteroatoms. The number of nitrogens with zero attached hydrogens (tertiary/aromatic N) is 3. The molecule has 0 saturated heterocycles. The fraction of sp³-hybridized carbons (Fsp3) is 0.238. The van der Waals surface area contributed by atoms with E-state index in [2.05, 4.69) is 5.16 Å². The zero-order valence-electron chi connectivity index (χ0n) is 16.3. The van der Waals surface area contributed by atoms with Gasteiger partial charge in [-0.2, -0.15) is 5.26 Å². The number of methoxy groups -OCH3 is 1. The molecule has 0 aliphatic carbocycles. The predicted molar refractivity (Wildman–Crippen MR) is 106 cm³/mol. The maximum Gasteiger partial charge on any atom is 0.347 e. The number of ether oxygens (including phenoxy) is 2. The van der Waals surface area contributed by atoms with Crippen LogP contribution in [0.3, 0.4) is 0 Å². The number of esters is 1. The molecule has 2 aromatic carbocycles. The lowest BCUT2D eigenvalue weighted by Gasteiger charge is -2.22. The van der Waals surface area contributed by atoms with Crippen molar-refractivity contribution in [2.75, 3.05) is 31.8 Å². The minimum atomic E-state index is -0.816. The number of carbonyl (C=O) groups is 2. The van der Waals surface area contributed by atoms with Crippen LogP contribution in [0, 0.1) is 17.1 Å². The molecule has 0 N–H and O–H groups in total. The van der Waals surface area contributed by atoms with Crippen LogP contribution in [0.1, 0.15) is 12.0 Å². The van der Waals surface area contributed by atoms with E-state index in [4.69, 9.17) is 19.6 Å². The summed E-state index contributed by atoms with van der Waals surface area (Å²) in [6.07, 6.45) is 1.40. The van der Waals surface area contributed by atoms with Crippen LogP contribution in [0.2, 0.25) is 0 Å². The van der Waals surface area contributed by atoms with E-state index in [9.17, 15) is 14.0 Å². The van der Waals surface area contributed by atoms with E-state index in [1.165, 1.54) is 24.4 Å². The minimum absolute atomic E-state index is 0.00277. The Bertz CT molecular complexity index is 925. The molecular weight excluding hydrogens is 393 g/mol. The van der Waals surface area contributed by atoms with Crippen molar-refractivity contribution in [1.82, 2.24) is 0 Å². The molecular formula is C21H20FN3O5. The highest BCUT2D eigenvalue weighted by Gasteiger charge is 2.20. The lowest BCUT2D eigenvalue weighted by Crippen LogP contribution is -2.36. The molecule has 2 aromatic rings. The van der Waals surface area contributed by atoms with Crippen LogP contribution in [0.25, 0.3) is 0 Å². The lowest BCUT2D eigenvalue weighted by molar-refractivity contribution is -0.152. The quantitative estimate of drug-likeness (QED) is 0.337. The Morgan fingerprint density at radius 2 is 1.90 bits per heavy atom. The fourth-order valence-electron chi connectivity index (χ4n) is 2.35. The number of hydrogen-bond acceptors (Lipinski definition) is 7. The number of halogens is 1. The van der Waals surface area contributed by atoms with Gasteiger partial charge in [-0.15, -0.1) is 0 Å². The van der Waals surface area contributed by atoms with Crippen LogP contribution >= 0.6 is 0 Å². The van der Waals surface area contributed by atoms with E-state index >= 15 is 0 Å². The molecule has 0 fully saturated rings. The highest BCUT2D eigenvalue weighted by atomic mass is 19.1. The number of amides is 1. The Kier molecular flexibility index (Phi) is 8.80. The Hall–Kier alpha value is -3.93. The van der Waals surface area contributed by atoms with Crippen molar-refractivity contribution in [2.45, 2.75) is 6.42 Å². The van der Waals surface area contributed by atoms with Gasteiger partial charge < -0.3 is 19.2 Å². The first kappa shape index (κ1) is 22.4. The second-order valence-electron chi connectivity index (χ2n) is 5.85. The van der Waals surface area contributed by atoms with Crippen LogP contribution in [-0.2, 0) is 19.2 Å². The topological polar surface area (TPSA) is 101 Å². The van der Waals surface area contributed by atoms with Crippen LogP contribution in [0.5, 0.6) is 5.75 Å². The lowest BCUT2D eigenvalue weighted by atomic mass is 10.2. The number of nitriles is 1. The molecule has 2 rings (SSSR count). The molecule has 0 radical (unpaired) electrons. The third-order valence-corrected chi connectivity index (χ3v) is 3.82. The van der Waals surface area contributed by atoms with Gasteiger partial charge in [0.1, 0.15) is 11.6 Å². The number of benzene rings is 2. The highest BCUT2D eigenvalue weighted by molar-refractivity contribution is 5.95. The van der Waals surface area contributed by atoms with Crippen molar-refractivity contribution in [3.05, 3.63) is 59.9 Å². The van der Waals surface area contributed by atoms with Crippen molar-refractivity contribution >= 4 is 23.8 Å². The van der Waals surface area contributed by atoms with Crippen LogP contribution < -0.4 is 9.64 Å². The van der Waals surface area contributed by atoms with Crippen molar-refractivity contribution < 1.29 is 28.3 Å². The summed E-state index contributed by atoms with van der Waals surface area (Å²) < 4.78 is 23.9. The first-order chi connectivity index (χ1) is 14.5.